The van der Waals surface area contributed by atoms with Gasteiger partial charge in [-0.25, -0.2) is 0 Å². The second-order valence-corrected chi connectivity index (χ2v) is 22.7. The Hall–Kier alpha value is -3.93. The molecule has 0 heterocycles. The highest BCUT2D eigenvalue weighted by atomic mass is 16.6. The summed E-state index contributed by atoms with van der Waals surface area (Å²) in [5.74, 6) is -0.882. The minimum Gasteiger partial charge on any atom is -0.462 e. The fraction of sp³-hybridized carbons (Fsp3) is 0.720. The van der Waals surface area contributed by atoms with Crippen molar-refractivity contribution in [2.75, 3.05) is 13.2 Å². The van der Waals surface area contributed by atoms with Crippen LogP contribution in [0.4, 0.5) is 0 Å². The molecular weight excluding hydrogens is 997 g/mol. The first kappa shape index (κ1) is 77.1. The van der Waals surface area contributed by atoms with Crippen molar-refractivity contribution in [1.82, 2.24) is 0 Å². The van der Waals surface area contributed by atoms with Crippen molar-refractivity contribution < 1.29 is 28.6 Å². The van der Waals surface area contributed by atoms with Crippen LogP contribution in [-0.2, 0) is 28.6 Å². The molecule has 0 radical (unpaired) electrons. The van der Waals surface area contributed by atoms with E-state index in [9.17, 15) is 14.4 Å². The highest BCUT2D eigenvalue weighted by molar-refractivity contribution is 5.71. The number of rotatable bonds is 62. The molecule has 0 aliphatic carbocycles. The monoisotopic (exact) mass is 1120 g/mol. The molecule has 0 aromatic rings. The Labute approximate surface area is 501 Å². The minimum absolute atomic E-state index is 0.0794. The number of hydrogen-bond donors (Lipinski definition) is 0. The van der Waals surface area contributed by atoms with Gasteiger partial charge >= 0.3 is 17.9 Å². The van der Waals surface area contributed by atoms with E-state index in [-0.39, 0.29) is 31.1 Å². The maximum Gasteiger partial charge on any atom is 0.306 e. The number of unbranched alkanes of at least 4 members (excludes halogenated alkanes) is 33. The maximum atomic E-state index is 12.9. The Morgan fingerprint density at radius 2 is 0.481 bits per heavy atom. The molecule has 0 aromatic carbocycles. The normalized spacial score (nSPS) is 12.8. The van der Waals surface area contributed by atoms with Crippen LogP contribution in [0.5, 0.6) is 0 Å². The van der Waals surface area contributed by atoms with Crippen molar-refractivity contribution in [2.24, 2.45) is 0 Å². The summed E-state index contributed by atoms with van der Waals surface area (Å²) in [5.41, 5.74) is 0. The zero-order valence-electron chi connectivity index (χ0n) is 53.3. The molecule has 6 heteroatoms. The number of allylic oxidation sites excluding steroid dienone is 18. The number of ether oxygens (including phenoxy) is 3. The lowest BCUT2D eigenvalue weighted by Crippen LogP contribution is -2.30. The van der Waals surface area contributed by atoms with Gasteiger partial charge in [0.05, 0.1) is 0 Å². The fourth-order valence-corrected chi connectivity index (χ4v) is 9.63. The van der Waals surface area contributed by atoms with Crippen LogP contribution in [0.2, 0.25) is 0 Å². The standard InChI is InChI=1S/C75H128O6/c1-4-7-10-13-16-19-21-23-25-27-29-31-33-35-37-39-41-43-45-47-49-51-53-56-59-62-65-68-74(77)80-71-72(70-79-73(76)67-64-61-58-55-18-15-12-9-6-3)81-75(78)69-66-63-60-57-54-52-50-48-46-44-42-40-38-36-34-32-30-28-26-24-22-20-17-14-11-8-5-2/h7,10,16,19,22-25,28-31,34-37,41,43,72H,4-6,8-9,11-15,17-18,20-21,26-27,32-33,38-40,42,44-71H2,1-3H3/b10-7-,19-16-,24-22-,25-23-,30-28-,31-29-,36-34-,37-35-,43-41-. The average Bonchev–Trinajstić information content (AvgIpc) is 3.47. The summed E-state index contributed by atoms with van der Waals surface area (Å²) < 4.78 is 16.9. The second-order valence-electron chi connectivity index (χ2n) is 22.7. The Kier molecular flexibility index (Phi) is 65.2. The predicted octanol–water partition coefficient (Wildman–Crippen LogP) is 23.8. The lowest BCUT2D eigenvalue weighted by Gasteiger charge is -2.18. The van der Waals surface area contributed by atoms with Gasteiger partial charge in [-0.3, -0.25) is 14.4 Å². The molecule has 6 nitrogen and oxygen atoms in total. The van der Waals surface area contributed by atoms with E-state index in [1.54, 1.807) is 0 Å². The molecule has 0 spiro atoms. The van der Waals surface area contributed by atoms with Gasteiger partial charge < -0.3 is 14.2 Å². The van der Waals surface area contributed by atoms with Crippen LogP contribution >= 0.6 is 0 Å². The summed E-state index contributed by atoms with van der Waals surface area (Å²) >= 11 is 0. The highest BCUT2D eigenvalue weighted by Gasteiger charge is 2.19. The maximum absolute atomic E-state index is 12.9. The molecule has 0 bridgehead atoms. The van der Waals surface area contributed by atoms with Gasteiger partial charge in [0.25, 0.3) is 0 Å². The molecule has 1 atom stereocenters. The zero-order chi connectivity index (χ0) is 58.5. The molecule has 0 aromatic heterocycles. The summed E-state index contributed by atoms with van der Waals surface area (Å²) in [6, 6.07) is 0. The average molecular weight is 1130 g/mol. The van der Waals surface area contributed by atoms with Gasteiger partial charge in [0.2, 0.25) is 0 Å². The fourth-order valence-electron chi connectivity index (χ4n) is 9.63. The van der Waals surface area contributed by atoms with Crippen LogP contribution < -0.4 is 0 Å². The van der Waals surface area contributed by atoms with Crippen LogP contribution in [0, 0.1) is 0 Å². The van der Waals surface area contributed by atoms with E-state index in [2.05, 4.69) is 130 Å². The summed E-state index contributed by atoms with van der Waals surface area (Å²) in [6.07, 6.45) is 94.0. The molecule has 0 rings (SSSR count). The zero-order valence-corrected chi connectivity index (χ0v) is 53.3. The molecule has 0 aliphatic heterocycles. The molecule has 0 N–H and O–H groups in total. The Morgan fingerprint density at radius 1 is 0.259 bits per heavy atom. The second kappa shape index (κ2) is 68.6. The summed E-state index contributed by atoms with van der Waals surface area (Å²) in [6.45, 7) is 6.51. The third-order valence-electron chi connectivity index (χ3n) is 14.8. The van der Waals surface area contributed by atoms with Gasteiger partial charge in [-0.2, -0.15) is 0 Å². The van der Waals surface area contributed by atoms with Crippen LogP contribution in [0.1, 0.15) is 329 Å². The van der Waals surface area contributed by atoms with Crippen molar-refractivity contribution in [3.8, 4) is 0 Å². The van der Waals surface area contributed by atoms with Gasteiger partial charge in [-0.1, -0.05) is 310 Å². The third kappa shape index (κ3) is 66.8. The van der Waals surface area contributed by atoms with E-state index in [4.69, 9.17) is 14.2 Å². The number of carbonyl (C=O) groups is 3. The summed E-state index contributed by atoms with van der Waals surface area (Å²) in [5, 5.41) is 0. The Balaban J connectivity index is 4.22. The molecule has 0 saturated heterocycles. The molecular formula is C75H128O6. The molecule has 0 amide bonds. The first-order valence-electron chi connectivity index (χ1n) is 34.4. The van der Waals surface area contributed by atoms with E-state index in [1.807, 2.05) is 0 Å². The predicted molar refractivity (Wildman–Crippen MR) is 353 cm³/mol. The minimum atomic E-state index is -0.783. The van der Waals surface area contributed by atoms with E-state index in [1.165, 1.54) is 173 Å². The van der Waals surface area contributed by atoms with Gasteiger partial charge in [-0.15, -0.1) is 0 Å². The van der Waals surface area contributed by atoms with Crippen molar-refractivity contribution in [3.63, 3.8) is 0 Å². The lowest BCUT2D eigenvalue weighted by molar-refractivity contribution is -0.167. The van der Waals surface area contributed by atoms with Crippen molar-refractivity contribution in [2.45, 2.75) is 335 Å². The number of carbonyl (C=O) groups excluding carboxylic acids is 3. The van der Waals surface area contributed by atoms with E-state index < -0.39 is 6.10 Å². The Bertz CT molecular complexity index is 1620. The van der Waals surface area contributed by atoms with Crippen molar-refractivity contribution >= 4 is 17.9 Å². The first-order chi connectivity index (χ1) is 40.0. The van der Waals surface area contributed by atoms with E-state index in [0.717, 1.165) is 116 Å². The highest BCUT2D eigenvalue weighted by Crippen LogP contribution is 2.16. The van der Waals surface area contributed by atoms with E-state index >= 15 is 0 Å². The largest absolute Gasteiger partial charge is 0.462 e. The lowest BCUT2D eigenvalue weighted by atomic mass is 10.0. The summed E-state index contributed by atoms with van der Waals surface area (Å²) in [7, 11) is 0. The molecule has 0 saturated carbocycles. The SMILES string of the molecule is CC/C=C\C/C=C\C/C=C\C/C=C\C/C=C\C/C=C\CCCCCCCCCCC(=O)OCC(COC(=O)CCCCCCCCCCC)OC(=O)CCCCCCCCCCCCCC/C=C\C/C=C\C/C=C\CCCCCCC. The molecule has 464 valence electrons. The van der Waals surface area contributed by atoms with E-state index in [0.29, 0.717) is 19.3 Å². The van der Waals surface area contributed by atoms with Gasteiger partial charge in [-0.05, 0) is 109 Å². The third-order valence-corrected chi connectivity index (χ3v) is 14.8. The topological polar surface area (TPSA) is 78.9 Å². The van der Waals surface area contributed by atoms with Crippen LogP contribution in [0.3, 0.4) is 0 Å². The van der Waals surface area contributed by atoms with Crippen LogP contribution in [0.25, 0.3) is 0 Å². The van der Waals surface area contributed by atoms with Gasteiger partial charge in [0, 0.05) is 19.3 Å². The molecule has 0 aliphatic rings. The first-order valence-corrected chi connectivity index (χ1v) is 34.4. The van der Waals surface area contributed by atoms with Crippen LogP contribution in [0.15, 0.2) is 109 Å². The van der Waals surface area contributed by atoms with Crippen molar-refractivity contribution in [1.29, 1.82) is 0 Å². The number of esters is 3. The quantitative estimate of drug-likeness (QED) is 0.0261. The molecule has 1 unspecified atom stereocenters. The smallest absolute Gasteiger partial charge is 0.306 e. The van der Waals surface area contributed by atoms with Gasteiger partial charge in [0.15, 0.2) is 6.10 Å². The van der Waals surface area contributed by atoms with Gasteiger partial charge in [0.1, 0.15) is 13.2 Å². The number of hydrogen-bond acceptors (Lipinski definition) is 6. The summed E-state index contributed by atoms with van der Waals surface area (Å²) in [4.78, 5) is 38.3. The Morgan fingerprint density at radius 3 is 0.753 bits per heavy atom. The molecule has 81 heavy (non-hydrogen) atoms. The van der Waals surface area contributed by atoms with Crippen molar-refractivity contribution in [3.05, 3.63) is 109 Å². The van der Waals surface area contributed by atoms with Crippen LogP contribution in [-0.4, -0.2) is 37.2 Å². The molecule has 0 fully saturated rings.